The van der Waals surface area contributed by atoms with E-state index in [9.17, 15) is 0 Å². The highest BCUT2D eigenvalue weighted by Crippen LogP contribution is 2.27. The molecule has 0 radical (unpaired) electrons. The standard InChI is InChI=1S/C12H15Cl2N/c13-9-5-6-10(11(14)8-9)12-4-2-1-3-7-15-12/h5-6,8,12,15H,1-4,7H2/p+1/t12-/m0/s1. The Kier molecular flexibility index (Phi) is 3.90. The van der Waals surface area contributed by atoms with Crippen LogP contribution in [-0.2, 0) is 0 Å². The Bertz CT molecular complexity index is 330. The van der Waals surface area contributed by atoms with Crippen molar-refractivity contribution in [3.05, 3.63) is 33.8 Å². The normalized spacial score (nSPS) is 22.4. The number of quaternary nitrogens is 1. The molecule has 0 aliphatic carbocycles. The van der Waals surface area contributed by atoms with Gasteiger partial charge in [-0.05, 0) is 31.4 Å². The lowest BCUT2D eigenvalue weighted by atomic mass is 10.0. The van der Waals surface area contributed by atoms with Crippen LogP contribution in [0.1, 0.15) is 37.3 Å². The van der Waals surface area contributed by atoms with Gasteiger partial charge in [0.05, 0.1) is 11.6 Å². The summed E-state index contributed by atoms with van der Waals surface area (Å²) in [6.07, 6.45) is 5.20. The summed E-state index contributed by atoms with van der Waals surface area (Å²) in [5.41, 5.74) is 1.24. The Morgan fingerprint density at radius 3 is 2.80 bits per heavy atom. The van der Waals surface area contributed by atoms with Gasteiger partial charge in [-0.25, -0.2) is 0 Å². The molecule has 82 valence electrons. The van der Waals surface area contributed by atoms with Crippen LogP contribution in [0.5, 0.6) is 0 Å². The van der Waals surface area contributed by atoms with E-state index in [1.165, 1.54) is 37.8 Å². The minimum atomic E-state index is 0.525. The highest BCUT2D eigenvalue weighted by atomic mass is 35.5. The van der Waals surface area contributed by atoms with Crippen LogP contribution in [0.15, 0.2) is 18.2 Å². The second-order valence-corrected chi connectivity index (χ2v) is 4.99. The Balaban J connectivity index is 2.19. The summed E-state index contributed by atoms with van der Waals surface area (Å²) in [5.74, 6) is 0. The highest BCUT2D eigenvalue weighted by Gasteiger charge is 2.19. The van der Waals surface area contributed by atoms with Crippen molar-refractivity contribution >= 4 is 23.2 Å². The van der Waals surface area contributed by atoms with Crippen LogP contribution in [-0.4, -0.2) is 6.54 Å². The molecule has 1 saturated heterocycles. The molecular weight excluding hydrogens is 229 g/mol. The first-order valence-electron chi connectivity index (χ1n) is 5.55. The van der Waals surface area contributed by atoms with Gasteiger partial charge in [-0.15, -0.1) is 0 Å². The van der Waals surface area contributed by atoms with Crippen LogP contribution >= 0.6 is 23.2 Å². The molecule has 3 heteroatoms. The van der Waals surface area contributed by atoms with Crippen molar-refractivity contribution < 1.29 is 5.32 Å². The smallest absolute Gasteiger partial charge is 0.113 e. The Labute approximate surface area is 101 Å². The van der Waals surface area contributed by atoms with E-state index in [-0.39, 0.29) is 0 Å². The van der Waals surface area contributed by atoms with Gasteiger partial charge in [0.2, 0.25) is 0 Å². The van der Waals surface area contributed by atoms with Gasteiger partial charge in [0.25, 0.3) is 0 Å². The Morgan fingerprint density at radius 1 is 1.13 bits per heavy atom. The molecule has 2 N–H and O–H groups in total. The maximum Gasteiger partial charge on any atom is 0.113 e. The van der Waals surface area contributed by atoms with E-state index in [0.717, 1.165) is 10.0 Å². The van der Waals surface area contributed by atoms with Gasteiger partial charge < -0.3 is 5.32 Å². The summed E-state index contributed by atoms with van der Waals surface area (Å²) in [4.78, 5) is 0. The minimum absolute atomic E-state index is 0.525. The highest BCUT2D eigenvalue weighted by molar-refractivity contribution is 6.35. The molecule has 1 heterocycles. The number of halogens is 2. The molecule has 0 spiro atoms. The van der Waals surface area contributed by atoms with Gasteiger partial charge in [-0.1, -0.05) is 29.3 Å². The maximum atomic E-state index is 6.21. The van der Waals surface area contributed by atoms with Gasteiger partial charge in [0, 0.05) is 17.0 Å². The molecule has 1 nitrogen and oxygen atoms in total. The first kappa shape index (κ1) is 11.3. The average molecular weight is 245 g/mol. The SMILES string of the molecule is Clc1ccc([C@@H]2CCCCC[NH2+]2)c(Cl)c1. The van der Waals surface area contributed by atoms with Crippen LogP contribution in [0.25, 0.3) is 0 Å². The van der Waals surface area contributed by atoms with Crippen molar-refractivity contribution in [1.82, 2.24) is 0 Å². The van der Waals surface area contributed by atoms with Gasteiger partial charge in [0.1, 0.15) is 6.04 Å². The molecular formula is C12H16Cl2N+. The number of hydrogen-bond donors (Lipinski definition) is 1. The fourth-order valence-electron chi connectivity index (χ4n) is 2.21. The zero-order valence-corrected chi connectivity index (χ0v) is 10.2. The molecule has 1 fully saturated rings. The average Bonchev–Trinajstić information content (AvgIpc) is 2.46. The maximum absolute atomic E-state index is 6.21. The molecule has 1 aromatic rings. The van der Waals surface area contributed by atoms with Gasteiger partial charge >= 0.3 is 0 Å². The van der Waals surface area contributed by atoms with Crippen molar-refractivity contribution in [2.75, 3.05) is 6.54 Å². The molecule has 1 aliphatic heterocycles. The van der Waals surface area contributed by atoms with Crippen molar-refractivity contribution in [3.8, 4) is 0 Å². The lowest BCUT2D eigenvalue weighted by molar-refractivity contribution is -0.694. The summed E-state index contributed by atoms with van der Waals surface area (Å²) >= 11 is 12.1. The molecule has 0 saturated carbocycles. The summed E-state index contributed by atoms with van der Waals surface area (Å²) < 4.78 is 0. The van der Waals surface area contributed by atoms with Crippen LogP contribution in [0.3, 0.4) is 0 Å². The minimum Gasteiger partial charge on any atom is -0.340 e. The van der Waals surface area contributed by atoms with Crippen LogP contribution in [0.2, 0.25) is 10.0 Å². The van der Waals surface area contributed by atoms with Crippen molar-refractivity contribution in [2.45, 2.75) is 31.7 Å². The third kappa shape index (κ3) is 2.87. The zero-order chi connectivity index (χ0) is 10.7. The fraction of sp³-hybridized carbons (Fsp3) is 0.500. The first-order valence-corrected chi connectivity index (χ1v) is 6.31. The van der Waals surface area contributed by atoms with E-state index >= 15 is 0 Å². The number of rotatable bonds is 1. The van der Waals surface area contributed by atoms with Crippen LogP contribution in [0.4, 0.5) is 0 Å². The molecule has 0 bridgehead atoms. The summed E-state index contributed by atoms with van der Waals surface area (Å²) in [5, 5.41) is 3.94. The third-order valence-corrected chi connectivity index (χ3v) is 3.59. The summed E-state index contributed by atoms with van der Waals surface area (Å²) in [6, 6.07) is 6.37. The molecule has 1 atom stereocenters. The van der Waals surface area contributed by atoms with Crippen molar-refractivity contribution in [2.24, 2.45) is 0 Å². The molecule has 0 unspecified atom stereocenters. The zero-order valence-electron chi connectivity index (χ0n) is 8.68. The Hall–Kier alpha value is -0.240. The van der Waals surface area contributed by atoms with E-state index in [1.807, 2.05) is 12.1 Å². The molecule has 15 heavy (non-hydrogen) atoms. The Morgan fingerprint density at radius 2 is 2.00 bits per heavy atom. The number of nitrogens with two attached hydrogens (primary N) is 1. The van der Waals surface area contributed by atoms with E-state index < -0.39 is 0 Å². The van der Waals surface area contributed by atoms with Crippen LogP contribution < -0.4 is 5.32 Å². The summed E-state index contributed by atoms with van der Waals surface area (Å²) in [6.45, 7) is 1.21. The molecule has 1 aromatic carbocycles. The van der Waals surface area contributed by atoms with Gasteiger partial charge in [-0.2, -0.15) is 0 Å². The van der Waals surface area contributed by atoms with E-state index in [4.69, 9.17) is 23.2 Å². The summed E-state index contributed by atoms with van der Waals surface area (Å²) in [7, 11) is 0. The quantitative estimate of drug-likeness (QED) is 0.782. The number of benzene rings is 1. The van der Waals surface area contributed by atoms with E-state index in [0.29, 0.717) is 6.04 Å². The first-order chi connectivity index (χ1) is 7.27. The third-order valence-electron chi connectivity index (χ3n) is 3.03. The molecule has 2 rings (SSSR count). The predicted molar refractivity (Wildman–Crippen MR) is 64.5 cm³/mol. The topological polar surface area (TPSA) is 16.6 Å². The molecule has 0 amide bonds. The van der Waals surface area contributed by atoms with Gasteiger partial charge in [0.15, 0.2) is 0 Å². The van der Waals surface area contributed by atoms with E-state index in [2.05, 4.69) is 11.4 Å². The lowest BCUT2D eigenvalue weighted by Crippen LogP contribution is -2.84. The molecule has 1 aliphatic rings. The van der Waals surface area contributed by atoms with Crippen LogP contribution in [0, 0.1) is 0 Å². The lowest BCUT2D eigenvalue weighted by Gasteiger charge is -2.14. The van der Waals surface area contributed by atoms with E-state index in [1.54, 1.807) is 0 Å². The van der Waals surface area contributed by atoms with Crippen molar-refractivity contribution in [3.63, 3.8) is 0 Å². The largest absolute Gasteiger partial charge is 0.340 e. The number of hydrogen-bond acceptors (Lipinski definition) is 0. The monoisotopic (exact) mass is 244 g/mol. The fourth-order valence-corrected chi connectivity index (χ4v) is 2.76. The van der Waals surface area contributed by atoms with Crippen molar-refractivity contribution in [1.29, 1.82) is 0 Å². The van der Waals surface area contributed by atoms with Gasteiger partial charge in [-0.3, -0.25) is 0 Å². The molecule has 0 aromatic heterocycles. The second-order valence-electron chi connectivity index (χ2n) is 4.15. The predicted octanol–water partition coefficient (Wildman–Crippen LogP) is 3.17. The second kappa shape index (κ2) is 5.20.